The van der Waals surface area contributed by atoms with Gasteiger partial charge in [0, 0.05) is 24.8 Å². The van der Waals surface area contributed by atoms with Crippen molar-refractivity contribution >= 4 is 23.3 Å². The van der Waals surface area contributed by atoms with Gasteiger partial charge in [-0.3, -0.25) is 4.79 Å². The first-order valence-corrected chi connectivity index (χ1v) is 9.08. The van der Waals surface area contributed by atoms with Crippen molar-refractivity contribution in [1.82, 2.24) is 5.32 Å². The van der Waals surface area contributed by atoms with E-state index in [-0.39, 0.29) is 11.9 Å². The third-order valence-electron chi connectivity index (χ3n) is 4.53. The molecule has 0 fully saturated rings. The van der Waals surface area contributed by atoms with Gasteiger partial charge in [0.25, 0.3) is 0 Å². The van der Waals surface area contributed by atoms with E-state index in [1.165, 1.54) is 0 Å². The van der Waals surface area contributed by atoms with Crippen molar-refractivity contribution in [3.63, 3.8) is 0 Å². The van der Waals surface area contributed by atoms with Gasteiger partial charge in [-0.2, -0.15) is 0 Å². The molecule has 142 valence electrons. The molecule has 27 heavy (non-hydrogen) atoms. The van der Waals surface area contributed by atoms with E-state index in [4.69, 9.17) is 4.74 Å². The molecule has 0 atom stereocenters. The largest absolute Gasteiger partial charge is 0.490 e. The first kappa shape index (κ1) is 18.8. The molecule has 0 bridgehead atoms. The van der Waals surface area contributed by atoms with E-state index in [1.54, 1.807) is 17.0 Å². The van der Waals surface area contributed by atoms with Crippen LogP contribution in [0.25, 0.3) is 0 Å². The highest BCUT2D eigenvalue weighted by atomic mass is 16.5. The highest BCUT2D eigenvalue weighted by Gasteiger charge is 2.37. The second kappa shape index (κ2) is 7.70. The average Bonchev–Trinajstić information content (AvgIpc) is 2.76. The van der Waals surface area contributed by atoms with Gasteiger partial charge in [-0.1, -0.05) is 30.3 Å². The summed E-state index contributed by atoms with van der Waals surface area (Å²) in [6.07, 6.45) is 0. The van der Waals surface area contributed by atoms with Crippen LogP contribution < -0.4 is 20.3 Å². The third kappa shape index (κ3) is 4.22. The number of ether oxygens (including phenoxy) is 1. The van der Waals surface area contributed by atoms with E-state index in [2.05, 4.69) is 10.6 Å². The summed E-state index contributed by atoms with van der Waals surface area (Å²) in [6, 6.07) is 14.8. The van der Waals surface area contributed by atoms with Crippen molar-refractivity contribution in [2.24, 2.45) is 5.41 Å². The number of fused-ring (bicyclic) bond motifs is 1. The van der Waals surface area contributed by atoms with Crippen LogP contribution >= 0.6 is 0 Å². The van der Waals surface area contributed by atoms with Crippen LogP contribution in [0.5, 0.6) is 5.75 Å². The number of nitrogens with one attached hydrogen (secondary N) is 2. The van der Waals surface area contributed by atoms with E-state index in [1.807, 2.05) is 57.2 Å². The van der Waals surface area contributed by atoms with Crippen molar-refractivity contribution in [3.8, 4) is 5.75 Å². The Morgan fingerprint density at radius 2 is 1.93 bits per heavy atom. The van der Waals surface area contributed by atoms with Crippen LogP contribution in [0.3, 0.4) is 0 Å². The molecule has 2 N–H and O–H groups in total. The maximum Gasteiger partial charge on any atom is 0.319 e. The van der Waals surface area contributed by atoms with Crippen LogP contribution in [-0.2, 0) is 11.3 Å². The molecule has 0 radical (unpaired) electrons. The summed E-state index contributed by atoms with van der Waals surface area (Å²) in [6.45, 7) is 6.98. The Bertz CT molecular complexity index is 834. The molecular weight excluding hydrogens is 342 g/mol. The van der Waals surface area contributed by atoms with Crippen LogP contribution in [0.1, 0.15) is 26.3 Å². The lowest BCUT2D eigenvalue weighted by molar-refractivity contribution is -0.127. The second-order valence-electron chi connectivity index (χ2n) is 7.20. The molecule has 3 rings (SSSR count). The van der Waals surface area contributed by atoms with Gasteiger partial charge in [-0.05, 0) is 38.5 Å². The SMILES string of the molecule is CCN1C(=O)C(C)(C)COc2cc(NC(=O)NCc3ccccc3)ccc21. The number of hydrogen-bond acceptors (Lipinski definition) is 3. The number of anilines is 2. The van der Waals surface area contributed by atoms with Gasteiger partial charge in [0.15, 0.2) is 0 Å². The fourth-order valence-electron chi connectivity index (χ4n) is 2.99. The highest BCUT2D eigenvalue weighted by molar-refractivity contribution is 6.00. The van der Waals surface area contributed by atoms with Crippen molar-refractivity contribution in [1.29, 1.82) is 0 Å². The molecule has 1 aliphatic rings. The number of carbonyl (C=O) groups excluding carboxylic acids is 2. The summed E-state index contributed by atoms with van der Waals surface area (Å²) in [5, 5.41) is 5.64. The maximum atomic E-state index is 12.7. The molecule has 6 nitrogen and oxygen atoms in total. The van der Waals surface area contributed by atoms with E-state index < -0.39 is 5.41 Å². The van der Waals surface area contributed by atoms with Gasteiger partial charge in [0.1, 0.15) is 12.4 Å². The number of hydrogen-bond donors (Lipinski definition) is 2. The molecule has 6 heteroatoms. The van der Waals surface area contributed by atoms with Gasteiger partial charge in [0.2, 0.25) is 5.91 Å². The summed E-state index contributed by atoms with van der Waals surface area (Å²) in [5.41, 5.74) is 1.76. The molecule has 0 aliphatic carbocycles. The first-order valence-electron chi connectivity index (χ1n) is 9.08. The van der Waals surface area contributed by atoms with Gasteiger partial charge >= 0.3 is 6.03 Å². The number of amides is 3. The minimum absolute atomic E-state index is 0.0325. The minimum atomic E-state index is -0.602. The molecule has 0 spiro atoms. The van der Waals surface area contributed by atoms with Crippen LogP contribution in [0.2, 0.25) is 0 Å². The lowest BCUT2D eigenvalue weighted by atomic mass is 9.93. The molecule has 0 unspecified atom stereocenters. The lowest BCUT2D eigenvalue weighted by Gasteiger charge is -2.26. The summed E-state index contributed by atoms with van der Waals surface area (Å²) in [4.78, 5) is 26.6. The number of urea groups is 1. The number of carbonyl (C=O) groups is 2. The van der Waals surface area contributed by atoms with Gasteiger partial charge in [-0.15, -0.1) is 0 Å². The van der Waals surface area contributed by atoms with Crippen molar-refractivity contribution < 1.29 is 14.3 Å². The third-order valence-corrected chi connectivity index (χ3v) is 4.53. The normalized spacial score (nSPS) is 15.4. The molecule has 1 aliphatic heterocycles. The fraction of sp³-hybridized carbons (Fsp3) is 0.333. The number of rotatable bonds is 4. The van der Waals surface area contributed by atoms with Crippen molar-refractivity contribution in [2.75, 3.05) is 23.4 Å². The predicted octanol–water partition coefficient (Wildman–Crippen LogP) is 3.78. The average molecular weight is 367 g/mol. The Labute approximate surface area is 159 Å². The quantitative estimate of drug-likeness (QED) is 0.864. The van der Waals surface area contributed by atoms with E-state index in [0.717, 1.165) is 11.3 Å². The van der Waals surface area contributed by atoms with E-state index in [9.17, 15) is 9.59 Å². The number of nitrogens with zero attached hydrogens (tertiary/aromatic N) is 1. The smallest absolute Gasteiger partial charge is 0.319 e. The zero-order chi connectivity index (χ0) is 19.4. The minimum Gasteiger partial charge on any atom is -0.490 e. The Morgan fingerprint density at radius 3 is 2.63 bits per heavy atom. The van der Waals surface area contributed by atoms with Crippen molar-refractivity contribution in [2.45, 2.75) is 27.3 Å². The van der Waals surface area contributed by atoms with Crippen LogP contribution in [0, 0.1) is 5.41 Å². The first-order chi connectivity index (χ1) is 12.9. The topological polar surface area (TPSA) is 70.7 Å². The van der Waals surface area contributed by atoms with E-state index in [0.29, 0.717) is 31.1 Å². The molecule has 2 aromatic rings. The molecule has 0 saturated carbocycles. The summed E-state index contributed by atoms with van der Waals surface area (Å²) >= 11 is 0. The molecular formula is C21H25N3O3. The Kier molecular flexibility index (Phi) is 5.35. The van der Waals surface area contributed by atoms with E-state index >= 15 is 0 Å². The van der Waals surface area contributed by atoms with Crippen molar-refractivity contribution in [3.05, 3.63) is 54.1 Å². The molecule has 0 saturated heterocycles. The molecule has 2 aromatic carbocycles. The lowest BCUT2D eigenvalue weighted by Crippen LogP contribution is -2.42. The Morgan fingerprint density at radius 1 is 1.19 bits per heavy atom. The fourth-order valence-corrected chi connectivity index (χ4v) is 2.99. The molecule has 3 amide bonds. The van der Waals surface area contributed by atoms with Crippen LogP contribution in [-0.4, -0.2) is 25.1 Å². The van der Waals surface area contributed by atoms with Gasteiger partial charge < -0.3 is 20.3 Å². The van der Waals surface area contributed by atoms with Crippen LogP contribution in [0.15, 0.2) is 48.5 Å². The zero-order valence-corrected chi connectivity index (χ0v) is 15.9. The second-order valence-corrected chi connectivity index (χ2v) is 7.20. The highest BCUT2D eigenvalue weighted by Crippen LogP contribution is 2.38. The summed E-state index contributed by atoms with van der Waals surface area (Å²) < 4.78 is 5.88. The Balaban J connectivity index is 1.71. The predicted molar refractivity (Wildman–Crippen MR) is 106 cm³/mol. The van der Waals surface area contributed by atoms with Gasteiger partial charge in [0.05, 0.1) is 11.1 Å². The molecule has 1 heterocycles. The monoisotopic (exact) mass is 367 g/mol. The summed E-state index contributed by atoms with van der Waals surface area (Å²) in [7, 11) is 0. The van der Waals surface area contributed by atoms with Crippen LogP contribution in [0.4, 0.5) is 16.2 Å². The standard InChI is InChI=1S/C21H25N3O3/c1-4-24-17-11-10-16(12-18(17)27-14-21(2,3)19(24)25)23-20(26)22-13-15-8-6-5-7-9-15/h5-12H,4,13-14H2,1-3H3,(H2,22,23,26). The summed E-state index contributed by atoms with van der Waals surface area (Å²) in [5.74, 6) is 0.627. The van der Waals surface area contributed by atoms with Gasteiger partial charge in [-0.25, -0.2) is 4.79 Å². The maximum absolute atomic E-state index is 12.7. The Hall–Kier alpha value is -3.02. The molecule has 0 aromatic heterocycles. The zero-order valence-electron chi connectivity index (χ0n) is 15.9. The number of benzene rings is 2.